The van der Waals surface area contributed by atoms with E-state index in [1.54, 1.807) is 6.20 Å². The van der Waals surface area contributed by atoms with E-state index in [1.165, 1.54) is 5.56 Å². The molecule has 0 atom stereocenters. The summed E-state index contributed by atoms with van der Waals surface area (Å²) in [4.78, 5) is 20.9. The molecule has 1 aliphatic heterocycles. The van der Waals surface area contributed by atoms with Gasteiger partial charge in [0.15, 0.2) is 0 Å². The summed E-state index contributed by atoms with van der Waals surface area (Å²) in [5, 5.41) is 7.54. The molecule has 4 rings (SSSR count). The molecule has 1 aliphatic rings. The molecular formula is C22H24N4O3S. The maximum Gasteiger partial charge on any atom is 0.227 e. The Morgan fingerprint density at radius 3 is 2.90 bits per heavy atom. The van der Waals surface area contributed by atoms with Crippen molar-refractivity contribution in [3.05, 3.63) is 60.1 Å². The standard InChI is InChI=1S/C22H24N4O3S/c27-20(7-8-21-25-22(26-29-21)19-6-1-2-11-23-19)24-17-5-3-4-16(14-17)15-30-18-9-12-28-13-10-18/h1-6,11,14,18H,7-10,12-13,15H2,(H,24,27). The van der Waals surface area contributed by atoms with E-state index in [0.717, 1.165) is 37.5 Å². The number of anilines is 1. The van der Waals surface area contributed by atoms with Crippen molar-refractivity contribution in [3.8, 4) is 11.5 Å². The van der Waals surface area contributed by atoms with E-state index in [0.29, 0.717) is 29.1 Å². The molecule has 8 heteroatoms. The molecular weight excluding hydrogens is 400 g/mol. The molecule has 0 saturated carbocycles. The van der Waals surface area contributed by atoms with E-state index in [2.05, 4.69) is 26.5 Å². The van der Waals surface area contributed by atoms with Gasteiger partial charge < -0.3 is 14.6 Å². The maximum absolute atomic E-state index is 12.3. The highest BCUT2D eigenvalue weighted by atomic mass is 32.2. The van der Waals surface area contributed by atoms with Crippen LogP contribution < -0.4 is 5.32 Å². The molecule has 156 valence electrons. The summed E-state index contributed by atoms with van der Waals surface area (Å²) in [7, 11) is 0. The Balaban J connectivity index is 1.25. The van der Waals surface area contributed by atoms with Crippen LogP contribution in [0.15, 0.2) is 53.2 Å². The number of benzene rings is 1. The molecule has 1 aromatic carbocycles. The molecule has 7 nitrogen and oxygen atoms in total. The third kappa shape index (κ3) is 5.90. The number of nitrogens with zero attached hydrogens (tertiary/aromatic N) is 3. The highest BCUT2D eigenvalue weighted by Gasteiger charge is 2.14. The van der Waals surface area contributed by atoms with Gasteiger partial charge in [0.2, 0.25) is 17.6 Å². The number of hydrogen-bond donors (Lipinski definition) is 1. The van der Waals surface area contributed by atoms with Crippen LogP contribution in [0.5, 0.6) is 0 Å². The lowest BCUT2D eigenvalue weighted by molar-refractivity contribution is -0.116. The lowest BCUT2D eigenvalue weighted by Gasteiger charge is -2.21. The molecule has 0 spiro atoms. The minimum absolute atomic E-state index is 0.0816. The maximum atomic E-state index is 12.3. The first-order chi connectivity index (χ1) is 14.8. The fourth-order valence-corrected chi connectivity index (χ4v) is 4.33. The molecule has 0 bridgehead atoms. The smallest absolute Gasteiger partial charge is 0.227 e. The Labute approximate surface area is 179 Å². The zero-order valence-corrected chi connectivity index (χ0v) is 17.4. The monoisotopic (exact) mass is 424 g/mol. The topological polar surface area (TPSA) is 90.1 Å². The van der Waals surface area contributed by atoms with Crippen LogP contribution in [0.1, 0.15) is 30.7 Å². The molecule has 3 heterocycles. The quantitative estimate of drug-likeness (QED) is 0.582. The number of hydrogen-bond acceptors (Lipinski definition) is 7. The van der Waals surface area contributed by atoms with E-state index >= 15 is 0 Å². The molecule has 30 heavy (non-hydrogen) atoms. The predicted molar refractivity (Wildman–Crippen MR) is 116 cm³/mol. The van der Waals surface area contributed by atoms with Crippen LogP contribution >= 0.6 is 11.8 Å². The van der Waals surface area contributed by atoms with Gasteiger partial charge in [-0.25, -0.2) is 0 Å². The normalized spacial score (nSPS) is 14.5. The summed E-state index contributed by atoms with van der Waals surface area (Å²) in [6, 6.07) is 13.5. The minimum atomic E-state index is -0.0816. The predicted octanol–water partition coefficient (Wildman–Crippen LogP) is 4.12. The van der Waals surface area contributed by atoms with Crippen LogP contribution in [-0.4, -0.2) is 39.5 Å². The van der Waals surface area contributed by atoms with Crippen molar-refractivity contribution in [2.24, 2.45) is 0 Å². The molecule has 3 aromatic rings. The second kappa shape index (κ2) is 10.4. The number of aryl methyl sites for hydroxylation is 1. The van der Waals surface area contributed by atoms with Crippen molar-refractivity contribution in [2.75, 3.05) is 18.5 Å². The Bertz CT molecular complexity index is 958. The van der Waals surface area contributed by atoms with Crippen molar-refractivity contribution in [1.29, 1.82) is 0 Å². The van der Waals surface area contributed by atoms with Gasteiger partial charge in [-0.3, -0.25) is 9.78 Å². The molecule has 1 saturated heterocycles. The number of rotatable bonds is 8. The Morgan fingerprint density at radius 2 is 2.07 bits per heavy atom. The van der Waals surface area contributed by atoms with E-state index in [-0.39, 0.29) is 12.3 Å². The second-order valence-electron chi connectivity index (χ2n) is 7.10. The van der Waals surface area contributed by atoms with Crippen molar-refractivity contribution < 1.29 is 14.1 Å². The van der Waals surface area contributed by atoms with E-state index < -0.39 is 0 Å². The third-order valence-electron chi connectivity index (χ3n) is 4.79. The number of nitrogens with one attached hydrogen (secondary N) is 1. The Hall–Kier alpha value is -2.71. The van der Waals surface area contributed by atoms with Gasteiger partial charge in [-0.05, 0) is 42.7 Å². The number of carbonyl (C=O) groups excluding carboxylic acids is 1. The first kappa shape index (κ1) is 20.6. The van der Waals surface area contributed by atoms with Gasteiger partial charge in [0.1, 0.15) is 5.69 Å². The summed E-state index contributed by atoms with van der Waals surface area (Å²) >= 11 is 1.96. The first-order valence-corrected chi connectivity index (χ1v) is 11.1. The van der Waals surface area contributed by atoms with E-state index in [9.17, 15) is 4.79 Å². The molecule has 0 unspecified atom stereocenters. The number of aromatic nitrogens is 3. The Kier molecular flexibility index (Phi) is 7.10. The fraction of sp³-hybridized carbons (Fsp3) is 0.364. The highest BCUT2D eigenvalue weighted by Crippen LogP contribution is 2.26. The number of amides is 1. The van der Waals surface area contributed by atoms with Gasteiger partial charge in [0.25, 0.3) is 0 Å². The summed E-state index contributed by atoms with van der Waals surface area (Å²) in [6.07, 6.45) is 4.54. The molecule has 0 radical (unpaired) electrons. The van der Waals surface area contributed by atoms with Gasteiger partial charge in [0.05, 0.1) is 0 Å². The highest BCUT2D eigenvalue weighted by molar-refractivity contribution is 7.99. The van der Waals surface area contributed by atoms with Crippen molar-refractivity contribution in [1.82, 2.24) is 15.1 Å². The largest absolute Gasteiger partial charge is 0.381 e. The van der Waals surface area contributed by atoms with Gasteiger partial charge in [0, 0.05) is 48.9 Å². The van der Waals surface area contributed by atoms with Crippen molar-refractivity contribution >= 4 is 23.4 Å². The van der Waals surface area contributed by atoms with Gasteiger partial charge in [-0.15, -0.1) is 0 Å². The molecule has 0 aliphatic carbocycles. The minimum Gasteiger partial charge on any atom is -0.381 e. The number of carbonyl (C=O) groups is 1. The zero-order valence-electron chi connectivity index (χ0n) is 16.6. The number of ether oxygens (including phenoxy) is 1. The van der Waals surface area contributed by atoms with Crippen LogP contribution in [0.2, 0.25) is 0 Å². The average molecular weight is 425 g/mol. The molecule has 2 aromatic heterocycles. The summed E-state index contributed by atoms with van der Waals surface area (Å²) in [5.41, 5.74) is 2.67. The lowest BCUT2D eigenvalue weighted by Crippen LogP contribution is -2.17. The zero-order chi connectivity index (χ0) is 20.6. The fourth-order valence-electron chi connectivity index (χ4n) is 3.19. The van der Waals surface area contributed by atoms with Gasteiger partial charge in [-0.1, -0.05) is 23.4 Å². The van der Waals surface area contributed by atoms with Gasteiger partial charge in [-0.2, -0.15) is 16.7 Å². The van der Waals surface area contributed by atoms with Crippen LogP contribution in [0.4, 0.5) is 5.69 Å². The summed E-state index contributed by atoms with van der Waals surface area (Å²) < 4.78 is 10.6. The average Bonchev–Trinajstić information content (AvgIpc) is 3.27. The van der Waals surface area contributed by atoms with Crippen LogP contribution in [0, 0.1) is 0 Å². The van der Waals surface area contributed by atoms with Crippen LogP contribution in [0.3, 0.4) is 0 Å². The SMILES string of the molecule is O=C(CCc1nc(-c2ccccn2)no1)Nc1cccc(CSC2CCOCC2)c1. The van der Waals surface area contributed by atoms with Crippen molar-refractivity contribution in [3.63, 3.8) is 0 Å². The number of thioether (sulfide) groups is 1. The lowest BCUT2D eigenvalue weighted by atomic mass is 10.2. The summed E-state index contributed by atoms with van der Waals surface area (Å²) in [5.74, 6) is 1.71. The second-order valence-corrected chi connectivity index (χ2v) is 8.39. The Morgan fingerprint density at radius 1 is 1.17 bits per heavy atom. The van der Waals surface area contributed by atoms with Crippen molar-refractivity contribution in [2.45, 2.75) is 36.7 Å². The summed E-state index contributed by atoms with van der Waals surface area (Å²) in [6.45, 7) is 1.72. The van der Waals surface area contributed by atoms with Crippen LogP contribution in [0.25, 0.3) is 11.5 Å². The molecule has 1 amide bonds. The third-order valence-corrected chi connectivity index (χ3v) is 6.24. The first-order valence-electron chi connectivity index (χ1n) is 10.1. The van der Waals surface area contributed by atoms with Gasteiger partial charge >= 0.3 is 0 Å². The molecule has 1 fully saturated rings. The molecule has 1 N–H and O–H groups in total. The van der Waals surface area contributed by atoms with Crippen LogP contribution in [-0.2, 0) is 21.7 Å². The number of pyridine rings is 1. The van der Waals surface area contributed by atoms with E-state index in [4.69, 9.17) is 9.26 Å². The van der Waals surface area contributed by atoms with E-state index in [1.807, 2.05) is 48.2 Å².